The van der Waals surface area contributed by atoms with Crippen LogP contribution in [0.5, 0.6) is 5.75 Å². The van der Waals surface area contributed by atoms with Crippen LogP contribution >= 0.6 is 11.8 Å². The Morgan fingerprint density at radius 2 is 1.52 bits per heavy atom. The van der Waals surface area contributed by atoms with Crippen molar-refractivity contribution in [2.75, 3.05) is 17.2 Å². The molecule has 3 aromatic rings. The van der Waals surface area contributed by atoms with Crippen molar-refractivity contribution in [3.8, 4) is 5.75 Å². The van der Waals surface area contributed by atoms with Gasteiger partial charge in [-0.25, -0.2) is 0 Å². The lowest BCUT2D eigenvalue weighted by molar-refractivity contribution is -0.384. The van der Waals surface area contributed by atoms with Gasteiger partial charge in [-0.05, 0) is 74.5 Å². The number of anilines is 2. The Bertz CT molecular complexity index is 1120. The zero-order chi connectivity index (χ0) is 23.8. The van der Waals surface area contributed by atoms with Crippen molar-refractivity contribution in [3.05, 3.63) is 88.5 Å². The van der Waals surface area contributed by atoms with Crippen LogP contribution in [-0.4, -0.2) is 28.6 Å². The highest BCUT2D eigenvalue weighted by Gasteiger charge is 2.16. The molecule has 0 radical (unpaired) electrons. The van der Waals surface area contributed by atoms with Gasteiger partial charge in [0.15, 0.2) is 0 Å². The molecule has 0 aromatic heterocycles. The normalized spacial score (nSPS) is 11.3. The van der Waals surface area contributed by atoms with Gasteiger partial charge >= 0.3 is 0 Å². The Balaban J connectivity index is 1.53. The fourth-order valence-corrected chi connectivity index (χ4v) is 3.72. The minimum absolute atomic E-state index is 0.00288. The van der Waals surface area contributed by atoms with Crippen LogP contribution in [0.2, 0.25) is 0 Å². The summed E-state index contributed by atoms with van der Waals surface area (Å²) in [7, 11) is 0. The number of hydrogen-bond donors (Lipinski definition) is 2. The van der Waals surface area contributed by atoms with Crippen molar-refractivity contribution in [2.45, 2.75) is 24.0 Å². The van der Waals surface area contributed by atoms with E-state index in [4.69, 9.17) is 4.74 Å². The van der Waals surface area contributed by atoms with E-state index >= 15 is 0 Å². The van der Waals surface area contributed by atoms with Gasteiger partial charge in [-0.1, -0.05) is 0 Å². The summed E-state index contributed by atoms with van der Waals surface area (Å²) in [5.74, 6) is 0.251. The first-order valence-corrected chi connectivity index (χ1v) is 11.1. The van der Waals surface area contributed by atoms with Crippen LogP contribution in [0.25, 0.3) is 0 Å². The lowest BCUT2D eigenvalue weighted by Gasteiger charge is -2.12. The summed E-state index contributed by atoms with van der Waals surface area (Å²) >= 11 is 1.30. The maximum absolute atomic E-state index is 12.5. The van der Waals surface area contributed by atoms with Crippen molar-refractivity contribution in [1.82, 2.24) is 0 Å². The molecule has 8 nitrogen and oxygen atoms in total. The van der Waals surface area contributed by atoms with E-state index in [-0.39, 0.29) is 17.5 Å². The topological polar surface area (TPSA) is 111 Å². The Morgan fingerprint density at radius 1 is 0.939 bits per heavy atom. The summed E-state index contributed by atoms with van der Waals surface area (Å²) in [6.07, 6.45) is 0. The summed E-state index contributed by atoms with van der Waals surface area (Å²) in [6.45, 7) is 4.23. The molecule has 0 heterocycles. The molecule has 33 heavy (non-hydrogen) atoms. The van der Waals surface area contributed by atoms with Gasteiger partial charge in [0.2, 0.25) is 5.91 Å². The van der Waals surface area contributed by atoms with Gasteiger partial charge in [0.25, 0.3) is 11.6 Å². The molecular weight excluding hydrogens is 442 g/mol. The molecule has 1 atom stereocenters. The first-order valence-electron chi connectivity index (χ1n) is 10.2. The molecule has 0 saturated carbocycles. The highest BCUT2D eigenvalue weighted by molar-refractivity contribution is 8.00. The summed E-state index contributed by atoms with van der Waals surface area (Å²) in [5, 5.41) is 15.9. The molecule has 0 aliphatic heterocycles. The first-order chi connectivity index (χ1) is 15.9. The Labute approximate surface area is 195 Å². The number of non-ortho nitro benzene ring substituents is 1. The molecular formula is C24H23N3O5S. The predicted molar refractivity (Wildman–Crippen MR) is 129 cm³/mol. The van der Waals surface area contributed by atoms with E-state index in [0.717, 1.165) is 10.6 Å². The lowest BCUT2D eigenvalue weighted by atomic mass is 10.2. The van der Waals surface area contributed by atoms with Crippen LogP contribution in [0.1, 0.15) is 24.2 Å². The Morgan fingerprint density at radius 3 is 2.09 bits per heavy atom. The zero-order valence-electron chi connectivity index (χ0n) is 18.1. The number of nitrogens with zero attached hydrogens (tertiary/aromatic N) is 1. The molecule has 0 saturated heterocycles. The third kappa shape index (κ3) is 6.81. The average Bonchev–Trinajstić information content (AvgIpc) is 2.81. The smallest absolute Gasteiger partial charge is 0.269 e. The molecule has 9 heteroatoms. The fourth-order valence-electron chi connectivity index (χ4n) is 2.86. The molecule has 3 aromatic carbocycles. The standard InChI is InChI=1S/C24H23N3O5S/c1-3-32-21-12-8-19(9-13-21)26-24(29)17-4-6-18(7-5-17)25-23(28)16(2)33-22-14-10-20(11-15-22)27(30)31/h4-16H,3H2,1-2H3,(H,25,28)(H,26,29). The largest absolute Gasteiger partial charge is 0.494 e. The molecule has 2 N–H and O–H groups in total. The number of nitro groups is 1. The molecule has 1 unspecified atom stereocenters. The number of ether oxygens (including phenoxy) is 1. The van der Waals surface area contributed by atoms with Crippen LogP contribution in [-0.2, 0) is 4.79 Å². The van der Waals surface area contributed by atoms with Crippen molar-refractivity contribution in [1.29, 1.82) is 0 Å². The van der Waals surface area contributed by atoms with Crippen molar-refractivity contribution in [3.63, 3.8) is 0 Å². The van der Waals surface area contributed by atoms with E-state index in [1.807, 2.05) is 6.92 Å². The van der Waals surface area contributed by atoms with Crippen LogP contribution in [0.4, 0.5) is 17.1 Å². The Kier molecular flexibility index (Phi) is 8.04. The third-order valence-electron chi connectivity index (χ3n) is 4.57. The van der Waals surface area contributed by atoms with Gasteiger partial charge < -0.3 is 15.4 Å². The van der Waals surface area contributed by atoms with E-state index in [9.17, 15) is 19.7 Å². The van der Waals surface area contributed by atoms with E-state index < -0.39 is 10.2 Å². The number of nitrogens with one attached hydrogen (secondary N) is 2. The van der Waals surface area contributed by atoms with Crippen LogP contribution in [0.3, 0.4) is 0 Å². The van der Waals surface area contributed by atoms with E-state index in [2.05, 4.69) is 10.6 Å². The van der Waals surface area contributed by atoms with E-state index in [0.29, 0.717) is 23.5 Å². The number of carbonyl (C=O) groups excluding carboxylic acids is 2. The summed E-state index contributed by atoms with van der Waals surface area (Å²) in [6, 6.07) is 19.7. The second kappa shape index (κ2) is 11.1. The summed E-state index contributed by atoms with van der Waals surface area (Å²) in [4.78, 5) is 36.0. The minimum atomic E-state index is -0.466. The second-order valence-electron chi connectivity index (χ2n) is 6.99. The molecule has 0 fully saturated rings. The zero-order valence-corrected chi connectivity index (χ0v) is 18.9. The van der Waals surface area contributed by atoms with Gasteiger partial charge in [-0.3, -0.25) is 19.7 Å². The monoisotopic (exact) mass is 465 g/mol. The van der Waals surface area contributed by atoms with E-state index in [1.54, 1.807) is 67.6 Å². The Hall–Kier alpha value is -3.85. The van der Waals surface area contributed by atoms with Gasteiger partial charge in [-0.15, -0.1) is 11.8 Å². The highest BCUT2D eigenvalue weighted by Crippen LogP contribution is 2.26. The maximum atomic E-state index is 12.5. The number of rotatable bonds is 9. The number of amides is 2. The molecule has 0 aliphatic carbocycles. The molecule has 2 amide bonds. The lowest BCUT2D eigenvalue weighted by Crippen LogP contribution is -2.22. The van der Waals surface area contributed by atoms with Crippen LogP contribution < -0.4 is 15.4 Å². The first kappa shape index (κ1) is 23.8. The molecule has 0 aliphatic rings. The SMILES string of the molecule is CCOc1ccc(NC(=O)c2ccc(NC(=O)C(C)Sc3ccc([N+](=O)[O-])cc3)cc2)cc1. The van der Waals surface area contributed by atoms with Crippen LogP contribution in [0.15, 0.2) is 77.7 Å². The quantitative estimate of drug-likeness (QED) is 0.250. The molecule has 0 spiro atoms. The summed E-state index contributed by atoms with van der Waals surface area (Å²) in [5.41, 5.74) is 1.67. The van der Waals surface area contributed by atoms with Crippen molar-refractivity contribution >= 4 is 40.6 Å². The van der Waals surface area contributed by atoms with Gasteiger partial charge in [0, 0.05) is 34.0 Å². The maximum Gasteiger partial charge on any atom is 0.269 e. The average molecular weight is 466 g/mol. The van der Waals surface area contributed by atoms with Crippen molar-refractivity contribution in [2.24, 2.45) is 0 Å². The number of carbonyl (C=O) groups is 2. The number of nitro benzene ring substituents is 1. The van der Waals surface area contributed by atoms with Crippen molar-refractivity contribution < 1.29 is 19.2 Å². The minimum Gasteiger partial charge on any atom is -0.494 e. The molecule has 170 valence electrons. The van der Waals surface area contributed by atoms with E-state index in [1.165, 1.54) is 23.9 Å². The summed E-state index contributed by atoms with van der Waals surface area (Å²) < 4.78 is 5.39. The number of benzene rings is 3. The third-order valence-corrected chi connectivity index (χ3v) is 5.68. The molecule has 3 rings (SSSR count). The van der Waals surface area contributed by atoms with Gasteiger partial charge in [-0.2, -0.15) is 0 Å². The van der Waals surface area contributed by atoms with Gasteiger partial charge in [0.1, 0.15) is 5.75 Å². The van der Waals surface area contributed by atoms with Crippen LogP contribution in [0, 0.1) is 10.1 Å². The highest BCUT2D eigenvalue weighted by atomic mass is 32.2. The molecule has 0 bridgehead atoms. The number of hydrogen-bond acceptors (Lipinski definition) is 6. The predicted octanol–water partition coefficient (Wildman–Crippen LogP) is 5.37. The van der Waals surface area contributed by atoms with Gasteiger partial charge in [0.05, 0.1) is 16.8 Å². The second-order valence-corrected chi connectivity index (χ2v) is 8.40. The fraction of sp³-hybridized carbons (Fsp3) is 0.167. The number of thioether (sulfide) groups is 1.